The number of fused-ring (bicyclic) bond motifs is 5. The van der Waals surface area contributed by atoms with Gasteiger partial charge < -0.3 is 9.47 Å². The molecule has 0 N–H and O–H groups in total. The van der Waals surface area contributed by atoms with E-state index in [0.29, 0.717) is 5.92 Å². The summed E-state index contributed by atoms with van der Waals surface area (Å²) in [7, 11) is 0. The second-order valence-electron chi connectivity index (χ2n) is 6.72. The van der Waals surface area contributed by atoms with Crippen LogP contribution in [0.1, 0.15) is 31.7 Å². The molecule has 116 valence electrons. The Balaban J connectivity index is 1.69. The highest BCUT2D eigenvalue weighted by atomic mass is 16.6. The van der Waals surface area contributed by atoms with Gasteiger partial charge >= 0.3 is 11.9 Å². The number of rotatable bonds is 3. The van der Waals surface area contributed by atoms with E-state index in [1.54, 1.807) is 0 Å². The fraction of sp³-hybridized carbons (Fsp3) is 0.556. The molecule has 0 amide bonds. The summed E-state index contributed by atoms with van der Waals surface area (Å²) in [5.74, 6) is -0.682. The van der Waals surface area contributed by atoms with Crippen molar-refractivity contribution in [2.24, 2.45) is 23.7 Å². The van der Waals surface area contributed by atoms with Crippen LogP contribution >= 0.6 is 0 Å². The fourth-order valence-corrected chi connectivity index (χ4v) is 4.88. The van der Waals surface area contributed by atoms with Crippen molar-refractivity contribution >= 4 is 11.9 Å². The molecule has 3 aliphatic rings. The van der Waals surface area contributed by atoms with Crippen LogP contribution in [0.3, 0.4) is 0 Å². The minimum atomic E-state index is -0.392. The van der Waals surface area contributed by atoms with Crippen LogP contribution in [0, 0.1) is 23.7 Å². The monoisotopic (exact) mass is 300 g/mol. The first kappa shape index (κ1) is 13.9. The molecule has 1 aromatic rings. The van der Waals surface area contributed by atoms with Crippen LogP contribution in [-0.2, 0) is 19.1 Å². The van der Waals surface area contributed by atoms with Gasteiger partial charge in [-0.05, 0) is 29.7 Å². The number of hydrogen-bond donors (Lipinski definition) is 0. The van der Waals surface area contributed by atoms with Crippen LogP contribution in [0.5, 0.6) is 0 Å². The highest BCUT2D eigenvalue weighted by molar-refractivity contribution is 5.98. The quantitative estimate of drug-likeness (QED) is 0.636. The van der Waals surface area contributed by atoms with Crippen molar-refractivity contribution in [2.75, 3.05) is 0 Å². The molecule has 4 rings (SSSR count). The molecule has 4 nitrogen and oxygen atoms in total. The highest BCUT2D eigenvalue weighted by Crippen LogP contribution is 2.57. The molecule has 4 heteroatoms. The molecule has 0 aliphatic carbocycles. The van der Waals surface area contributed by atoms with E-state index >= 15 is 0 Å². The molecule has 2 bridgehead atoms. The maximum Gasteiger partial charge on any atom is 0.320 e. The SMILES string of the molecule is CCC(c1ccccc1)C1C(C)C2OC1C1C(=O)OC(=O)C21. The van der Waals surface area contributed by atoms with Gasteiger partial charge in [0.05, 0.1) is 24.0 Å². The number of esters is 2. The van der Waals surface area contributed by atoms with Gasteiger partial charge in [0, 0.05) is 0 Å². The normalized spacial score (nSPS) is 40.6. The molecule has 0 spiro atoms. The van der Waals surface area contributed by atoms with Crippen molar-refractivity contribution in [2.45, 2.75) is 38.4 Å². The Kier molecular flexibility index (Phi) is 3.12. The number of benzene rings is 1. The zero-order valence-corrected chi connectivity index (χ0v) is 12.8. The predicted molar refractivity (Wildman–Crippen MR) is 78.9 cm³/mol. The van der Waals surface area contributed by atoms with Crippen LogP contribution in [0.2, 0.25) is 0 Å². The van der Waals surface area contributed by atoms with E-state index in [4.69, 9.17) is 9.47 Å². The molecular formula is C18H20O4. The molecular weight excluding hydrogens is 280 g/mol. The third kappa shape index (κ3) is 1.73. The first-order chi connectivity index (χ1) is 10.6. The largest absolute Gasteiger partial charge is 0.393 e. The minimum Gasteiger partial charge on any atom is -0.393 e. The Morgan fingerprint density at radius 2 is 1.68 bits per heavy atom. The number of ether oxygens (including phenoxy) is 2. The summed E-state index contributed by atoms with van der Waals surface area (Å²) in [5.41, 5.74) is 1.28. The maximum absolute atomic E-state index is 12.0. The van der Waals surface area contributed by atoms with Crippen molar-refractivity contribution in [1.82, 2.24) is 0 Å². The van der Waals surface area contributed by atoms with Gasteiger partial charge in [-0.3, -0.25) is 9.59 Å². The standard InChI is InChI=1S/C18H20O4/c1-3-11(10-7-5-4-6-8-10)12-9(2)15-13-14(16(12)21-15)18(20)22-17(13)19/h4-9,11-16H,3H2,1-2H3. The van der Waals surface area contributed by atoms with Crippen molar-refractivity contribution in [3.63, 3.8) is 0 Å². The summed E-state index contributed by atoms with van der Waals surface area (Å²) in [6.07, 6.45) is 0.636. The zero-order valence-electron chi connectivity index (χ0n) is 12.8. The lowest BCUT2D eigenvalue weighted by Crippen LogP contribution is -2.42. The maximum atomic E-state index is 12.0. The third-order valence-electron chi connectivity index (χ3n) is 5.79. The Labute approximate surface area is 129 Å². The van der Waals surface area contributed by atoms with Gasteiger partial charge in [-0.15, -0.1) is 0 Å². The van der Waals surface area contributed by atoms with Crippen LogP contribution in [0.4, 0.5) is 0 Å². The van der Waals surface area contributed by atoms with Gasteiger partial charge in [0.25, 0.3) is 0 Å². The Morgan fingerprint density at radius 3 is 2.32 bits per heavy atom. The van der Waals surface area contributed by atoms with Gasteiger partial charge in [-0.2, -0.15) is 0 Å². The van der Waals surface area contributed by atoms with Crippen molar-refractivity contribution < 1.29 is 19.1 Å². The lowest BCUT2D eigenvalue weighted by Gasteiger charge is -2.35. The molecule has 3 fully saturated rings. The molecule has 1 aromatic carbocycles. The van der Waals surface area contributed by atoms with Gasteiger partial charge in [-0.1, -0.05) is 44.2 Å². The average Bonchev–Trinajstić information content (AvgIpc) is 3.14. The molecule has 0 aromatic heterocycles. The number of cyclic esters (lactones) is 2. The number of carbonyl (C=O) groups excluding carboxylic acids is 2. The van der Waals surface area contributed by atoms with E-state index in [1.807, 2.05) is 18.2 Å². The molecule has 0 radical (unpaired) electrons. The summed E-state index contributed by atoms with van der Waals surface area (Å²) >= 11 is 0. The number of carbonyl (C=O) groups is 2. The second-order valence-corrected chi connectivity index (χ2v) is 6.72. The topological polar surface area (TPSA) is 52.6 Å². The Hall–Kier alpha value is -1.68. The van der Waals surface area contributed by atoms with Crippen molar-refractivity contribution in [3.05, 3.63) is 35.9 Å². The summed E-state index contributed by atoms with van der Waals surface area (Å²) in [6.45, 7) is 4.32. The van der Waals surface area contributed by atoms with Gasteiger partial charge in [0.1, 0.15) is 0 Å². The van der Waals surface area contributed by atoms with E-state index in [2.05, 4.69) is 26.0 Å². The van der Waals surface area contributed by atoms with E-state index in [1.165, 1.54) is 5.56 Å². The summed E-state index contributed by atoms with van der Waals surface area (Å²) < 4.78 is 11.0. The highest BCUT2D eigenvalue weighted by Gasteiger charge is 2.68. The Bertz CT molecular complexity index is 611. The van der Waals surface area contributed by atoms with Gasteiger partial charge in [-0.25, -0.2) is 0 Å². The van der Waals surface area contributed by atoms with Crippen molar-refractivity contribution in [1.29, 1.82) is 0 Å². The molecule has 7 unspecified atom stereocenters. The molecule has 0 saturated carbocycles. The summed E-state index contributed by atoms with van der Waals surface area (Å²) in [4.78, 5) is 23.9. The summed E-state index contributed by atoms with van der Waals surface area (Å²) in [5, 5.41) is 0. The van der Waals surface area contributed by atoms with Crippen LogP contribution in [0.15, 0.2) is 30.3 Å². The van der Waals surface area contributed by atoms with Crippen LogP contribution in [0.25, 0.3) is 0 Å². The number of hydrogen-bond acceptors (Lipinski definition) is 4. The smallest absolute Gasteiger partial charge is 0.320 e. The predicted octanol–water partition coefficient (Wildman–Crippen LogP) is 2.53. The van der Waals surface area contributed by atoms with Crippen LogP contribution < -0.4 is 0 Å². The van der Waals surface area contributed by atoms with Crippen molar-refractivity contribution in [3.8, 4) is 0 Å². The molecule has 22 heavy (non-hydrogen) atoms. The van der Waals surface area contributed by atoms with Gasteiger partial charge in [0.15, 0.2) is 0 Å². The molecule has 7 atom stereocenters. The molecule has 3 aliphatic heterocycles. The first-order valence-corrected chi connectivity index (χ1v) is 8.09. The fourth-order valence-electron chi connectivity index (χ4n) is 4.88. The molecule has 3 saturated heterocycles. The average molecular weight is 300 g/mol. The summed E-state index contributed by atoms with van der Waals surface area (Å²) in [6, 6.07) is 10.4. The minimum absolute atomic E-state index is 0.170. The second kappa shape index (κ2) is 4.92. The first-order valence-electron chi connectivity index (χ1n) is 8.09. The van der Waals surface area contributed by atoms with Crippen LogP contribution in [-0.4, -0.2) is 24.1 Å². The van der Waals surface area contributed by atoms with E-state index in [0.717, 1.165) is 6.42 Å². The lowest BCUT2D eigenvalue weighted by atomic mass is 9.64. The third-order valence-corrected chi connectivity index (χ3v) is 5.79. The Morgan fingerprint density at radius 1 is 1.05 bits per heavy atom. The van der Waals surface area contributed by atoms with E-state index < -0.39 is 5.92 Å². The van der Waals surface area contributed by atoms with E-state index in [9.17, 15) is 9.59 Å². The molecule has 3 heterocycles. The zero-order chi connectivity index (χ0) is 15.4. The van der Waals surface area contributed by atoms with Gasteiger partial charge in [0.2, 0.25) is 0 Å². The lowest BCUT2D eigenvalue weighted by molar-refractivity contribution is -0.157. The van der Waals surface area contributed by atoms with E-state index in [-0.39, 0.29) is 41.9 Å².